The highest BCUT2D eigenvalue weighted by Crippen LogP contribution is 2.27. The summed E-state index contributed by atoms with van der Waals surface area (Å²) in [6.07, 6.45) is 7.51. The first-order valence-electron chi connectivity index (χ1n) is 7.73. The number of hydrogen-bond acceptors (Lipinski definition) is 3. The van der Waals surface area contributed by atoms with Crippen LogP contribution in [0.25, 0.3) is 0 Å². The molecule has 0 bridgehead atoms. The lowest BCUT2D eigenvalue weighted by Gasteiger charge is -2.34. The van der Waals surface area contributed by atoms with Gasteiger partial charge in [0.1, 0.15) is 0 Å². The Labute approximate surface area is 116 Å². The van der Waals surface area contributed by atoms with Crippen molar-refractivity contribution in [2.75, 3.05) is 26.8 Å². The van der Waals surface area contributed by atoms with E-state index >= 15 is 0 Å². The number of amides is 1. The van der Waals surface area contributed by atoms with Crippen molar-refractivity contribution in [2.45, 2.75) is 51.0 Å². The number of carbonyl (C=O) groups excluding carboxylic acids is 1. The minimum atomic E-state index is 0.240. The number of carbonyl (C=O) groups is 1. The van der Waals surface area contributed by atoms with Gasteiger partial charge in [0.2, 0.25) is 5.91 Å². The molecule has 0 aromatic rings. The van der Waals surface area contributed by atoms with Gasteiger partial charge >= 0.3 is 0 Å². The molecule has 1 saturated carbocycles. The molecular formula is C15H28N2O2. The third kappa shape index (κ3) is 4.18. The summed E-state index contributed by atoms with van der Waals surface area (Å²) in [6.45, 7) is 2.62. The van der Waals surface area contributed by atoms with Crippen LogP contribution < -0.4 is 5.73 Å². The first-order chi connectivity index (χ1) is 9.20. The summed E-state index contributed by atoms with van der Waals surface area (Å²) in [4.78, 5) is 14.4. The molecule has 2 fully saturated rings. The summed E-state index contributed by atoms with van der Waals surface area (Å²) in [5, 5.41) is 0. The van der Waals surface area contributed by atoms with Crippen LogP contribution in [0.1, 0.15) is 44.9 Å². The zero-order chi connectivity index (χ0) is 13.7. The van der Waals surface area contributed by atoms with Crippen LogP contribution >= 0.6 is 0 Å². The van der Waals surface area contributed by atoms with Crippen molar-refractivity contribution in [1.29, 1.82) is 0 Å². The fourth-order valence-electron chi connectivity index (χ4n) is 3.43. The van der Waals surface area contributed by atoms with E-state index in [1.807, 2.05) is 4.90 Å². The Morgan fingerprint density at radius 1 is 1.21 bits per heavy atom. The number of methoxy groups -OCH3 is 1. The Kier molecular flexibility index (Phi) is 5.64. The topological polar surface area (TPSA) is 55.6 Å². The van der Waals surface area contributed by atoms with Gasteiger partial charge in [0.05, 0.1) is 0 Å². The van der Waals surface area contributed by atoms with Gasteiger partial charge in [-0.05, 0) is 37.5 Å². The predicted molar refractivity (Wildman–Crippen MR) is 75.7 cm³/mol. The van der Waals surface area contributed by atoms with E-state index in [1.54, 1.807) is 7.11 Å². The second-order valence-corrected chi connectivity index (χ2v) is 6.19. The maximum Gasteiger partial charge on any atom is 0.222 e. The summed E-state index contributed by atoms with van der Waals surface area (Å²) in [6, 6.07) is 0.240. The van der Waals surface area contributed by atoms with Gasteiger partial charge in [0.15, 0.2) is 0 Å². The predicted octanol–water partition coefficient (Wildman–Crippen LogP) is 1.78. The van der Waals surface area contributed by atoms with E-state index in [0.717, 1.165) is 45.4 Å². The molecule has 4 heteroatoms. The van der Waals surface area contributed by atoms with Crippen molar-refractivity contribution in [3.8, 4) is 0 Å². The molecule has 2 atom stereocenters. The van der Waals surface area contributed by atoms with Crippen LogP contribution in [0.2, 0.25) is 0 Å². The molecule has 2 aliphatic rings. The Morgan fingerprint density at radius 2 is 1.89 bits per heavy atom. The SMILES string of the molecule is COCC1CCN(C(=O)CC2CCCCC2N)CC1. The van der Waals surface area contributed by atoms with Crippen LogP contribution in [0.15, 0.2) is 0 Å². The first-order valence-corrected chi connectivity index (χ1v) is 7.73. The van der Waals surface area contributed by atoms with Gasteiger partial charge in [-0.15, -0.1) is 0 Å². The quantitative estimate of drug-likeness (QED) is 0.845. The van der Waals surface area contributed by atoms with Gasteiger partial charge in [0.25, 0.3) is 0 Å². The molecule has 110 valence electrons. The van der Waals surface area contributed by atoms with E-state index in [9.17, 15) is 4.79 Å². The molecule has 4 nitrogen and oxygen atoms in total. The summed E-state index contributed by atoms with van der Waals surface area (Å²) >= 11 is 0. The number of piperidine rings is 1. The highest BCUT2D eigenvalue weighted by molar-refractivity contribution is 5.76. The van der Waals surface area contributed by atoms with E-state index in [1.165, 1.54) is 12.8 Å². The van der Waals surface area contributed by atoms with Crippen LogP contribution in [-0.4, -0.2) is 43.7 Å². The zero-order valence-electron chi connectivity index (χ0n) is 12.1. The maximum atomic E-state index is 12.3. The van der Waals surface area contributed by atoms with Gasteiger partial charge in [0, 0.05) is 39.3 Å². The second-order valence-electron chi connectivity index (χ2n) is 6.19. The first kappa shape index (κ1) is 14.8. The van der Waals surface area contributed by atoms with E-state index in [4.69, 9.17) is 10.5 Å². The molecule has 1 saturated heterocycles. The molecule has 0 spiro atoms. The van der Waals surface area contributed by atoms with E-state index in [-0.39, 0.29) is 6.04 Å². The normalized spacial score (nSPS) is 29.5. The molecule has 2 unspecified atom stereocenters. The third-order valence-electron chi connectivity index (χ3n) is 4.77. The Balaban J connectivity index is 1.74. The van der Waals surface area contributed by atoms with Crippen LogP contribution in [0.4, 0.5) is 0 Å². The van der Waals surface area contributed by atoms with Crippen LogP contribution in [0.3, 0.4) is 0 Å². The number of nitrogens with two attached hydrogens (primary N) is 1. The highest BCUT2D eigenvalue weighted by Gasteiger charge is 2.28. The molecule has 1 heterocycles. The molecular weight excluding hydrogens is 240 g/mol. The van der Waals surface area contributed by atoms with Gasteiger partial charge < -0.3 is 15.4 Å². The van der Waals surface area contributed by atoms with Crippen molar-refractivity contribution in [1.82, 2.24) is 4.90 Å². The molecule has 1 aliphatic heterocycles. The summed E-state index contributed by atoms with van der Waals surface area (Å²) in [5.74, 6) is 1.36. The van der Waals surface area contributed by atoms with E-state index < -0.39 is 0 Å². The number of likely N-dealkylation sites (tertiary alicyclic amines) is 1. The number of nitrogens with zero attached hydrogens (tertiary/aromatic N) is 1. The maximum absolute atomic E-state index is 12.3. The molecule has 2 rings (SSSR count). The van der Waals surface area contributed by atoms with Crippen LogP contribution in [0, 0.1) is 11.8 Å². The Morgan fingerprint density at radius 3 is 2.53 bits per heavy atom. The average Bonchev–Trinajstić information content (AvgIpc) is 2.42. The molecule has 1 aliphatic carbocycles. The molecule has 0 aromatic carbocycles. The lowest BCUT2D eigenvalue weighted by Crippen LogP contribution is -2.42. The lowest BCUT2D eigenvalue weighted by atomic mass is 9.82. The summed E-state index contributed by atoms with van der Waals surface area (Å²) < 4.78 is 5.19. The third-order valence-corrected chi connectivity index (χ3v) is 4.77. The minimum absolute atomic E-state index is 0.240. The smallest absolute Gasteiger partial charge is 0.222 e. The Bertz CT molecular complexity index is 288. The number of hydrogen-bond donors (Lipinski definition) is 1. The molecule has 0 aromatic heterocycles. The largest absolute Gasteiger partial charge is 0.384 e. The van der Waals surface area contributed by atoms with Crippen molar-refractivity contribution < 1.29 is 9.53 Å². The minimum Gasteiger partial charge on any atom is -0.384 e. The molecule has 1 amide bonds. The van der Waals surface area contributed by atoms with Gasteiger partial charge in [-0.3, -0.25) is 4.79 Å². The van der Waals surface area contributed by atoms with Gasteiger partial charge in [-0.2, -0.15) is 0 Å². The van der Waals surface area contributed by atoms with Crippen molar-refractivity contribution in [3.05, 3.63) is 0 Å². The number of rotatable bonds is 4. The fourth-order valence-corrected chi connectivity index (χ4v) is 3.43. The average molecular weight is 268 g/mol. The lowest BCUT2D eigenvalue weighted by molar-refractivity contribution is -0.134. The summed E-state index contributed by atoms with van der Waals surface area (Å²) in [5.41, 5.74) is 6.13. The van der Waals surface area contributed by atoms with Gasteiger partial charge in [-0.25, -0.2) is 0 Å². The molecule has 0 radical (unpaired) electrons. The molecule has 2 N–H and O–H groups in total. The van der Waals surface area contributed by atoms with Crippen LogP contribution in [0.5, 0.6) is 0 Å². The monoisotopic (exact) mass is 268 g/mol. The standard InChI is InChI=1S/C15H28N2O2/c1-19-11-12-6-8-17(9-7-12)15(18)10-13-4-2-3-5-14(13)16/h12-14H,2-11,16H2,1H3. The fraction of sp³-hybridized carbons (Fsp3) is 0.933. The molecule has 19 heavy (non-hydrogen) atoms. The van der Waals surface area contributed by atoms with Crippen molar-refractivity contribution in [3.63, 3.8) is 0 Å². The van der Waals surface area contributed by atoms with Crippen LogP contribution in [-0.2, 0) is 9.53 Å². The second kappa shape index (κ2) is 7.25. The number of ether oxygens (including phenoxy) is 1. The van der Waals surface area contributed by atoms with Gasteiger partial charge in [-0.1, -0.05) is 12.8 Å². The zero-order valence-corrected chi connectivity index (χ0v) is 12.1. The summed E-state index contributed by atoms with van der Waals surface area (Å²) in [7, 11) is 1.75. The van der Waals surface area contributed by atoms with E-state index in [2.05, 4.69) is 0 Å². The van der Waals surface area contributed by atoms with Crippen molar-refractivity contribution in [2.24, 2.45) is 17.6 Å². The highest BCUT2D eigenvalue weighted by atomic mass is 16.5. The van der Waals surface area contributed by atoms with Crippen molar-refractivity contribution >= 4 is 5.91 Å². The Hall–Kier alpha value is -0.610. The van der Waals surface area contributed by atoms with E-state index in [0.29, 0.717) is 24.2 Å².